The number of aryl methyl sites for hydroxylation is 1. The Balaban J connectivity index is 2.96. The van der Waals surface area contributed by atoms with Crippen molar-refractivity contribution in [3.05, 3.63) is 34.9 Å². The monoisotopic (exact) mass is 287 g/mol. The SMILES string of the molecule is Cc1ccc(C#CCCO)c(C(=O)N(C)CCC(C)C)c1. The summed E-state index contributed by atoms with van der Waals surface area (Å²) in [5, 5.41) is 8.80. The summed E-state index contributed by atoms with van der Waals surface area (Å²) in [5.74, 6) is 6.45. The van der Waals surface area contributed by atoms with Crippen LogP contribution in [0.2, 0.25) is 0 Å². The molecular formula is C18H25NO2. The first-order valence-electron chi connectivity index (χ1n) is 7.41. The van der Waals surface area contributed by atoms with Crippen molar-refractivity contribution in [3.8, 4) is 11.8 Å². The molecule has 0 heterocycles. The molecule has 0 spiro atoms. The predicted octanol–water partition coefficient (Wildman–Crippen LogP) is 2.85. The fourth-order valence-electron chi connectivity index (χ4n) is 1.92. The first-order valence-corrected chi connectivity index (χ1v) is 7.41. The van der Waals surface area contributed by atoms with Gasteiger partial charge in [-0.05, 0) is 31.4 Å². The van der Waals surface area contributed by atoms with Gasteiger partial charge in [-0.3, -0.25) is 4.79 Å². The Morgan fingerprint density at radius 1 is 1.38 bits per heavy atom. The molecule has 114 valence electrons. The van der Waals surface area contributed by atoms with Gasteiger partial charge in [0, 0.05) is 25.6 Å². The predicted molar refractivity (Wildman–Crippen MR) is 86.2 cm³/mol. The normalized spacial score (nSPS) is 10.2. The number of aliphatic hydroxyl groups excluding tert-OH is 1. The van der Waals surface area contributed by atoms with E-state index >= 15 is 0 Å². The lowest BCUT2D eigenvalue weighted by Crippen LogP contribution is -2.29. The van der Waals surface area contributed by atoms with E-state index in [0.717, 1.165) is 24.1 Å². The second-order valence-electron chi connectivity index (χ2n) is 5.73. The molecule has 1 aromatic carbocycles. The van der Waals surface area contributed by atoms with E-state index in [1.54, 1.807) is 4.90 Å². The minimum atomic E-state index is 0.00708. The van der Waals surface area contributed by atoms with Gasteiger partial charge in [-0.15, -0.1) is 0 Å². The number of benzene rings is 1. The summed E-state index contributed by atoms with van der Waals surface area (Å²) in [6.07, 6.45) is 1.41. The summed E-state index contributed by atoms with van der Waals surface area (Å²) in [7, 11) is 1.83. The third-order valence-corrected chi connectivity index (χ3v) is 3.25. The van der Waals surface area contributed by atoms with Gasteiger partial charge in [0.2, 0.25) is 0 Å². The Kier molecular flexibility index (Phi) is 6.98. The number of rotatable bonds is 5. The largest absolute Gasteiger partial charge is 0.395 e. The first-order chi connectivity index (χ1) is 9.95. The standard InChI is InChI=1S/C18H25NO2/c1-14(2)10-11-19(4)18(21)17-13-15(3)8-9-16(17)7-5-6-12-20/h8-9,13-14,20H,6,10-12H2,1-4H3. The fraction of sp³-hybridized carbons (Fsp3) is 0.500. The van der Waals surface area contributed by atoms with Crippen molar-refractivity contribution in [2.45, 2.75) is 33.6 Å². The Labute approximate surface area is 128 Å². The summed E-state index contributed by atoms with van der Waals surface area (Å²) in [6.45, 7) is 7.05. The van der Waals surface area contributed by atoms with E-state index in [1.807, 2.05) is 32.2 Å². The number of hydrogen-bond donors (Lipinski definition) is 1. The van der Waals surface area contributed by atoms with Crippen LogP contribution in [-0.2, 0) is 0 Å². The van der Waals surface area contributed by atoms with Gasteiger partial charge in [0.05, 0.1) is 12.2 Å². The number of carbonyl (C=O) groups excluding carboxylic acids is 1. The molecule has 1 N–H and O–H groups in total. The number of amides is 1. The van der Waals surface area contributed by atoms with E-state index in [1.165, 1.54) is 0 Å². The van der Waals surface area contributed by atoms with Crippen molar-refractivity contribution < 1.29 is 9.90 Å². The lowest BCUT2D eigenvalue weighted by Gasteiger charge is -2.19. The van der Waals surface area contributed by atoms with Gasteiger partial charge < -0.3 is 10.0 Å². The van der Waals surface area contributed by atoms with Crippen LogP contribution in [0.15, 0.2) is 18.2 Å². The molecule has 0 atom stereocenters. The van der Waals surface area contributed by atoms with E-state index in [2.05, 4.69) is 25.7 Å². The lowest BCUT2D eigenvalue weighted by molar-refractivity contribution is 0.0789. The molecule has 21 heavy (non-hydrogen) atoms. The zero-order valence-electron chi connectivity index (χ0n) is 13.4. The highest BCUT2D eigenvalue weighted by Gasteiger charge is 2.15. The van der Waals surface area contributed by atoms with Gasteiger partial charge in [0.15, 0.2) is 0 Å². The molecule has 0 aromatic heterocycles. The minimum absolute atomic E-state index is 0.00708. The topological polar surface area (TPSA) is 40.5 Å². The summed E-state index contributed by atoms with van der Waals surface area (Å²) >= 11 is 0. The van der Waals surface area contributed by atoms with Crippen molar-refractivity contribution in [3.63, 3.8) is 0 Å². The average Bonchev–Trinajstić information content (AvgIpc) is 2.45. The highest BCUT2D eigenvalue weighted by molar-refractivity contribution is 5.96. The third-order valence-electron chi connectivity index (χ3n) is 3.25. The first kappa shape index (κ1) is 17.3. The van der Waals surface area contributed by atoms with Crippen molar-refractivity contribution in [2.75, 3.05) is 20.2 Å². The summed E-state index contributed by atoms with van der Waals surface area (Å²) < 4.78 is 0. The quantitative estimate of drug-likeness (QED) is 0.846. The Morgan fingerprint density at radius 2 is 2.10 bits per heavy atom. The van der Waals surface area contributed by atoms with Crippen molar-refractivity contribution in [2.24, 2.45) is 5.92 Å². The summed E-state index contributed by atoms with van der Waals surface area (Å²) in [5.41, 5.74) is 2.42. The van der Waals surface area contributed by atoms with Crippen LogP contribution in [0, 0.1) is 24.7 Å². The van der Waals surface area contributed by atoms with Crippen LogP contribution in [0.5, 0.6) is 0 Å². The zero-order chi connectivity index (χ0) is 15.8. The smallest absolute Gasteiger partial charge is 0.254 e. The molecule has 0 aliphatic rings. The molecule has 0 bridgehead atoms. The third kappa shape index (κ3) is 5.61. The van der Waals surface area contributed by atoms with Crippen LogP contribution in [0.25, 0.3) is 0 Å². The molecule has 1 amide bonds. The van der Waals surface area contributed by atoms with E-state index in [9.17, 15) is 4.79 Å². The maximum atomic E-state index is 12.6. The lowest BCUT2D eigenvalue weighted by atomic mass is 10.0. The van der Waals surface area contributed by atoms with Gasteiger partial charge in [-0.25, -0.2) is 0 Å². The summed E-state index contributed by atoms with van der Waals surface area (Å²) in [6, 6.07) is 5.72. The number of carbonyl (C=O) groups is 1. The Bertz CT molecular complexity index is 538. The zero-order valence-corrected chi connectivity index (χ0v) is 13.4. The molecule has 3 nitrogen and oxygen atoms in total. The van der Waals surface area contributed by atoms with Gasteiger partial charge in [-0.1, -0.05) is 37.3 Å². The summed E-state index contributed by atoms with van der Waals surface area (Å²) in [4.78, 5) is 14.3. The highest BCUT2D eigenvalue weighted by atomic mass is 16.2. The van der Waals surface area contributed by atoms with Crippen LogP contribution in [-0.4, -0.2) is 36.1 Å². The molecule has 0 saturated carbocycles. The van der Waals surface area contributed by atoms with E-state index < -0.39 is 0 Å². The maximum Gasteiger partial charge on any atom is 0.254 e. The number of aliphatic hydroxyl groups is 1. The molecule has 0 aliphatic heterocycles. The minimum Gasteiger partial charge on any atom is -0.395 e. The molecule has 0 saturated heterocycles. The van der Waals surface area contributed by atoms with Gasteiger partial charge in [0.25, 0.3) is 5.91 Å². The van der Waals surface area contributed by atoms with Crippen LogP contribution in [0.3, 0.4) is 0 Å². The molecule has 3 heteroatoms. The fourth-order valence-corrected chi connectivity index (χ4v) is 1.92. The molecule has 0 radical (unpaired) electrons. The Morgan fingerprint density at radius 3 is 2.71 bits per heavy atom. The van der Waals surface area contributed by atoms with Crippen molar-refractivity contribution >= 4 is 5.91 Å². The van der Waals surface area contributed by atoms with Gasteiger partial charge >= 0.3 is 0 Å². The van der Waals surface area contributed by atoms with Crippen molar-refractivity contribution in [1.29, 1.82) is 0 Å². The molecule has 0 fully saturated rings. The molecule has 0 aliphatic carbocycles. The van der Waals surface area contributed by atoms with Crippen LogP contribution >= 0.6 is 0 Å². The van der Waals surface area contributed by atoms with Crippen LogP contribution in [0.1, 0.15) is 48.2 Å². The van der Waals surface area contributed by atoms with Crippen LogP contribution < -0.4 is 0 Å². The Hall–Kier alpha value is -1.79. The molecule has 0 unspecified atom stereocenters. The average molecular weight is 287 g/mol. The maximum absolute atomic E-state index is 12.6. The highest BCUT2D eigenvalue weighted by Crippen LogP contribution is 2.14. The van der Waals surface area contributed by atoms with Crippen LogP contribution in [0.4, 0.5) is 0 Å². The van der Waals surface area contributed by atoms with Gasteiger partial charge in [-0.2, -0.15) is 0 Å². The second kappa shape index (κ2) is 8.49. The van der Waals surface area contributed by atoms with Gasteiger partial charge in [0.1, 0.15) is 0 Å². The van der Waals surface area contributed by atoms with E-state index in [4.69, 9.17) is 5.11 Å². The number of hydrogen-bond acceptors (Lipinski definition) is 2. The second-order valence-corrected chi connectivity index (χ2v) is 5.73. The molecular weight excluding hydrogens is 262 g/mol. The molecule has 1 rings (SSSR count). The number of nitrogens with zero attached hydrogens (tertiary/aromatic N) is 1. The molecule has 1 aromatic rings. The van der Waals surface area contributed by atoms with Crippen molar-refractivity contribution in [1.82, 2.24) is 4.90 Å². The van der Waals surface area contributed by atoms with E-state index in [-0.39, 0.29) is 12.5 Å². The van der Waals surface area contributed by atoms with E-state index in [0.29, 0.717) is 17.9 Å².